The maximum atomic E-state index is 13.8. The van der Waals surface area contributed by atoms with Gasteiger partial charge in [0.1, 0.15) is 10.8 Å². The van der Waals surface area contributed by atoms with E-state index in [1.165, 1.54) is 30.2 Å². The molecule has 3 rings (SSSR count). The van der Waals surface area contributed by atoms with Crippen LogP contribution in [0.25, 0.3) is 10.6 Å². The van der Waals surface area contributed by atoms with Gasteiger partial charge in [-0.3, -0.25) is 4.79 Å². The first-order valence-corrected chi connectivity index (χ1v) is 9.74. The minimum atomic E-state index is -0.287. The van der Waals surface area contributed by atoms with Crippen LogP contribution in [0.4, 0.5) is 4.39 Å². The zero-order valence-corrected chi connectivity index (χ0v) is 15.3. The summed E-state index contributed by atoms with van der Waals surface area (Å²) in [5, 5.41) is 5.56. The van der Waals surface area contributed by atoms with E-state index in [4.69, 9.17) is 0 Å². The molecule has 1 saturated heterocycles. The van der Waals surface area contributed by atoms with Crippen molar-refractivity contribution < 1.29 is 9.18 Å². The van der Waals surface area contributed by atoms with E-state index in [1.807, 2.05) is 5.38 Å². The second-order valence-electron chi connectivity index (χ2n) is 6.48. The van der Waals surface area contributed by atoms with Gasteiger partial charge in [-0.05, 0) is 44.5 Å². The Morgan fingerprint density at radius 1 is 1.36 bits per heavy atom. The van der Waals surface area contributed by atoms with Gasteiger partial charge in [-0.15, -0.1) is 11.3 Å². The van der Waals surface area contributed by atoms with Crippen LogP contribution in [-0.4, -0.2) is 41.5 Å². The van der Waals surface area contributed by atoms with Gasteiger partial charge < -0.3 is 10.2 Å². The number of amides is 1. The molecule has 25 heavy (non-hydrogen) atoms. The first-order chi connectivity index (χ1) is 12.2. The molecule has 0 unspecified atom stereocenters. The zero-order chi connectivity index (χ0) is 17.6. The molecule has 0 bridgehead atoms. The van der Waals surface area contributed by atoms with E-state index < -0.39 is 0 Å². The molecule has 1 atom stereocenters. The highest BCUT2D eigenvalue weighted by Gasteiger charge is 2.18. The molecule has 2 aromatic rings. The second-order valence-corrected chi connectivity index (χ2v) is 7.34. The van der Waals surface area contributed by atoms with Crippen molar-refractivity contribution in [2.75, 3.05) is 19.6 Å². The van der Waals surface area contributed by atoms with Crippen LogP contribution in [0.15, 0.2) is 29.6 Å². The van der Waals surface area contributed by atoms with E-state index in [0.717, 1.165) is 26.1 Å². The summed E-state index contributed by atoms with van der Waals surface area (Å²) in [6, 6.07) is 6.76. The maximum absolute atomic E-state index is 13.8. The quantitative estimate of drug-likeness (QED) is 0.821. The number of nitrogens with one attached hydrogen (secondary N) is 1. The lowest BCUT2D eigenvalue weighted by Gasteiger charge is -2.23. The molecule has 4 nitrogen and oxygen atoms in total. The first-order valence-electron chi connectivity index (χ1n) is 8.86. The van der Waals surface area contributed by atoms with Crippen molar-refractivity contribution in [2.45, 2.75) is 38.6 Å². The number of nitrogens with zero attached hydrogens (tertiary/aromatic N) is 2. The summed E-state index contributed by atoms with van der Waals surface area (Å²) in [4.78, 5) is 19.2. The third-order valence-corrected chi connectivity index (χ3v) is 5.46. The van der Waals surface area contributed by atoms with E-state index >= 15 is 0 Å². The number of carbonyl (C=O) groups excluding carboxylic acids is 1. The van der Waals surface area contributed by atoms with E-state index in [2.05, 4.69) is 22.1 Å². The number of rotatable bonds is 7. The van der Waals surface area contributed by atoms with Crippen molar-refractivity contribution in [3.8, 4) is 10.6 Å². The number of thiazole rings is 1. The minimum Gasteiger partial charge on any atom is -0.352 e. The Kier molecular flexibility index (Phi) is 6.15. The molecule has 1 aromatic carbocycles. The Hall–Kier alpha value is -1.79. The van der Waals surface area contributed by atoms with Crippen LogP contribution in [0.2, 0.25) is 0 Å². The third kappa shape index (κ3) is 4.86. The average molecular weight is 361 g/mol. The summed E-state index contributed by atoms with van der Waals surface area (Å²) in [6.45, 7) is 5.27. The van der Waals surface area contributed by atoms with Crippen LogP contribution in [0.3, 0.4) is 0 Å². The van der Waals surface area contributed by atoms with Crippen LogP contribution < -0.4 is 5.32 Å². The Balaban J connectivity index is 1.56. The van der Waals surface area contributed by atoms with Gasteiger partial charge in [0.25, 0.3) is 0 Å². The molecule has 0 spiro atoms. The SMILES string of the molecule is CC[C@@H](CN1CCCC1)NC(=O)Cc1csc(-c2ccccc2F)n1. The average Bonchev–Trinajstić information content (AvgIpc) is 3.26. The lowest BCUT2D eigenvalue weighted by atomic mass is 10.2. The lowest BCUT2D eigenvalue weighted by molar-refractivity contribution is -0.121. The van der Waals surface area contributed by atoms with Gasteiger partial charge in [0.15, 0.2) is 0 Å². The zero-order valence-electron chi connectivity index (χ0n) is 14.5. The van der Waals surface area contributed by atoms with E-state index in [-0.39, 0.29) is 24.2 Å². The van der Waals surface area contributed by atoms with Gasteiger partial charge in [-0.1, -0.05) is 19.1 Å². The predicted octanol–water partition coefficient (Wildman–Crippen LogP) is 3.48. The Bertz CT molecular complexity index is 712. The molecule has 2 heterocycles. The van der Waals surface area contributed by atoms with Crippen molar-refractivity contribution >= 4 is 17.2 Å². The van der Waals surface area contributed by atoms with E-state index in [1.54, 1.807) is 18.2 Å². The summed E-state index contributed by atoms with van der Waals surface area (Å²) in [6.07, 6.45) is 3.66. The molecule has 0 saturated carbocycles. The highest BCUT2D eigenvalue weighted by Crippen LogP contribution is 2.26. The van der Waals surface area contributed by atoms with Gasteiger partial charge in [0, 0.05) is 23.5 Å². The smallest absolute Gasteiger partial charge is 0.226 e. The number of carbonyl (C=O) groups is 1. The molecule has 0 radical (unpaired) electrons. The number of hydrogen-bond acceptors (Lipinski definition) is 4. The fourth-order valence-corrected chi connectivity index (χ4v) is 3.99. The molecule has 1 aromatic heterocycles. The fourth-order valence-electron chi connectivity index (χ4n) is 3.14. The molecule has 6 heteroatoms. The maximum Gasteiger partial charge on any atom is 0.226 e. The van der Waals surface area contributed by atoms with E-state index in [9.17, 15) is 9.18 Å². The largest absolute Gasteiger partial charge is 0.352 e. The highest BCUT2D eigenvalue weighted by atomic mass is 32.1. The molecule has 1 N–H and O–H groups in total. The van der Waals surface area contributed by atoms with Gasteiger partial charge in [-0.25, -0.2) is 9.37 Å². The van der Waals surface area contributed by atoms with Crippen LogP contribution >= 0.6 is 11.3 Å². The molecule has 1 aliphatic heterocycles. The standard InChI is InChI=1S/C19H24FN3OS/c1-2-14(12-23-9-5-6-10-23)21-18(24)11-15-13-25-19(22-15)16-7-3-4-8-17(16)20/h3-4,7-8,13-14H,2,5-6,9-12H2,1H3,(H,21,24)/t14-/m0/s1. The molecular formula is C19H24FN3OS. The van der Waals surface area contributed by atoms with Crippen LogP contribution in [0.5, 0.6) is 0 Å². The third-order valence-electron chi connectivity index (χ3n) is 4.53. The predicted molar refractivity (Wildman–Crippen MR) is 99.1 cm³/mol. The molecule has 1 amide bonds. The van der Waals surface area contributed by atoms with Crippen molar-refractivity contribution in [2.24, 2.45) is 0 Å². The van der Waals surface area contributed by atoms with Crippen molar-refractivity contribution in [1.82, 2.24) is 15.2 Å². The van der Waals surface area contributed by atoms with Gasteiger partial charge >= 0.3 is 0 Å². The second kappa shape index (κ2) is 8.54. The van der Waals surface area contributed by atoms with Gasteiger partial charge in [0.2, 0.25) is 5.91 Å². The summed E-state index contributed by atoms with van der Waals surface area (Å²) in [5.41, 5.74) is 1.18. The Labute approximate surface area is 152 Å². The normalized spacial score (nSPS) is 16.1. The number of likely N-dealkylation sites (tertiary alicyclic amines) is 1. The van der Waals surface area contributed by atoms with Crippen LogP contribution in [0, 0.1) is 5.82 Å². The topological polar surface area (TPSA) is 45.2 Å². The van der Waals surface area contributed by atoms with Gasteiger partial charge in [-0.2, -0.15) is 0 Å². The summed E-state index contributed by atoms with van der Waals surface area (Å²) >= 11 is 1.37. The number of halogens is 1. The van der Waals surface area contributed by atoms with Gasteiger partial charge in [0.05, 0.1) is 12.1 Å². The molecular weight excluding hydrogens is 337 g/mol. The van der Waals surface area contributed by atoms with Crippen LogP contribution in [-0.2, 0) is 11.2 Å². The molecule has 0 aliphatic carbocycles. The van der Waals surface area contributed by atoms with Crippen molar-refractivity contribution in [3.63, 3.8) is 0 Å². The lowest BCUT2D eigenvalue weighted by Crippen LogP contribution is -2.43. The number of hydrogen-bond donors (Lipinski definition) is 1. The highest BCUT2D eigenvalue weighted by molar-refractivity contribution is 7.13. The minimum absolute atomic E-state index is 0.0172. The van der Waals surface area contributed by atoms with Crippen molar-refractivity contribution in [1.29, 1.82) is 0 Å². The molecule has 1 aliphatic rings. The van der Waals surface area contributed by atoms with E-state index in [0.29, 0.717) is 16.3 Å². The number of benzene rings is 1. The van der Waals surface area contributed by atoms with Crippen molar-refractivity contribution in [3.05, 3.63) is 41.2 Å². The summed E-state index contributed by atoms with van der Waals surface area (Å²) < 4.78 is 13.8. The monoisotopic (exact) mass is 361 g/mol. The first kappa shape index (κ1) is 18.0. The summed E-state index contributed by atoms with van der Waals surface area (Å²) in [7, 11) is 0. The number of aromatic nitrogens is 1. The molecule has 1 fully saturated rings. The fraction of sp³-hybridized carbons (Fsp3) is 0.474. The Morgan fingerprint density at radius 3 is 2.84 bits per heavy atom. The van der Waals surface area contributed by atoms with Crippen LogP contribution in [0.1, 0.15) is 31.9 Å². The molecule has 134 valence electrons. The Morgan fingerprint density at radius 2 is 2.12 bits per heavy atom. The summed E-state index contributed by atoms with van der Waals surface area (Å²) in [5.74, 6) is -0.305.